The number of benzene rings is 2. The van der Waals surface area contributed by atoms with Crippen LogP contribution in [0.2, 0.25) is 0 Å². The molecular weight excluding hydrogens is 370 g/mol. The molecule has 0 atom stereocenters. The van der Waals surface area contributed by atoms with Crippen molar-refractivity contribution >= 4 is 17.5 Å². The number of hydrogen-bond donors (Lipinski definition) is 1. The van der Waals surface area contributed by atoms with Gasteiger partial charge in [0.25, 0.3) is 11.8 Å². The van der Waals surface area contributed by atoms with Crippen LogP contribution in [0.4, 0.5) is 14.5 Å². The van der Waals surface area contributed by atoms with E-state index in [1.807, 2.05) is 0 Å². The molecule has 2 aliphatic rings. The van der Waals surface area contributed by atoms with Crippen molar-refractivity contribution in [3.05, 3.63) is 53.1 Å². The van der Waals surface area contributed by atoms with Crippen molar-refractivity contribution in [2.75, 3.05) is 31.6 Å². The molecule has 2 aliphatic heterocycles. The van der Waals surface area contributed by atoms with E-state index in [-0.39, 0.29) is 41.2 Å². The third-order valence-corrected chi connectivity index (χ3v) is 4.81. The second kappa shape index (κ2) is 7.10. The van der Waals surface area contributed by atoms with Crippen LogP contribution in [0, 0.1) is 24.5 Å². The Labute approximate surface area is 160 Å². The monoisotopic (exact) mass is 388 g/mol. The Morgan fingerprint density at radius 3 is 2.79 bits per heavy atom. The highest BCUT2D eigenvalue weighted by molar-refractivity contribution is 6.00. The summed E-state index contributed by atoms with van der Waals surface area (Å²) in [6.45, 7) is 2.65. The van der Waals surface area contributed by atoms with Gasteiger partial charge < -0.3 is 19.7 Å². The van der Waals surface area contributed by atoms with Gasteiger partial charge in [0.2, 0.25) is 0 Å². The number of likely N-dealkylation sites (tertiary alicyclic amines) is 1. The van der Waals surface area contributed by atoms with Crippen molar-refractivity contribution in [1.82, 2.24) is 4.90 Å². The Morgan fingerprint density at radius 1 is 1.25 bits per heavy atom. The first-order chi connectivity index (χ1) is 13.4. The SMILES string of the molecule is Cc1ccc(OCC2CN(C(=O)c3cc4c(cc3F)OCC(=O)N4)C2)cc1F. The predicted octanol–water partition coefficient (Wildman–Crippen LogP) is 2.76. The molecule has 8 heteroatoms. The van der Waals surface area contributed by atoms with Crippen molar-refractivity contribution in [1.29, 1.82) is 0 Å². The minimum Gasteiger partial charge on any atom is -0.493 e. The third kappa shape index (κ3) is 3.49. The zero-order chi connectivity index (χ0) is 19.8. The molecule has 1 saturated heterocycles. The molecule has 1 fully saturated rings. The smallest absolute Gasteiger partial charge is 0.262 e. The number of anilines is 1. The van der Waals surface area contributed by atoms with E-state index in [0.717, 1.165) is 6.07 Å². The number of carbonyl (C=O) groups excluding carboxylic acids is 2. The number of amides is 2. The standard InChI is InChI=1S/C20H18F2N2O4/c1-11-2-3-13(4-15(11)21)27-9-12-7-24(8-12)20(26)14-5-17-18(6-16(14)22)28-10-19(25)23-17/h2-6,12H,7-10H2,1H3,(H,23,25). The number of nitrogens with one attached hydrogen (secondary N) is 1. The van der Waals surface area contributed by atoms with Crippen LogP contribution in [-0.4, -0.2) is 43.0 Å². The summed E-state index contributed by atoms with van der Waals surface area (Å²) in [5.41, 5.74) is 0.703. The molecule has 0 spiro atoms. The van der Waals surface area contributed by atoms with Crippen LogP contribution in [0.5, 0.6) is 11.5 Å². The molecule has 2 aromatic rings. The van der Waals surface area contributed by atoms with Gasteiger partial charge in [-0.2, -0.15) is 0 Å². The lowest BCUT2D eigenvalue weighted by Gasteiger charge is -2.39. The Kier molecular flexibility index (Phi) is 4.62. The molecule has 2 aromatic carbocycles. The molecule has 4 rings (SSSR count). The maximum atomic E-state index is 14.3. The first-order valence-electron chi connectivity index (χ1n) is 8.85. The second-order valence-electron chi connectivity index (χ2n) is 6.96. The quantitative estimate of drug-likeness (QED) is 0.875. The van der Waals surface area contributed by atoms with Crippen LogP contribution in [-0.2, 0) is 4.79 Å². The molecular formula is C20H18F2N2O4. The van der Waals surface area contributed by atoms with Crippen LogP contribution in [0.1, 0.15) is 15.9 Å². The maximum absolute atomic E-state index is 14.3. The Balaban J connectivity index is 1.35. The minimum absolute atomic E-state index is 0.0806. The summed E-state index contributed by atoms with van der Waals surface area (Å²) in [5.74, 6) is -1.13. The Bertz CT molecular complexity index is 957. The molecule has 0 saturated carbocycles. The van der Waals surface area contributed by atoms with Gasteiger partial charge in [0, 0.05) is 31.1 Å². The molecule has 6 nitrogen and oxygen atoms in total. The molecule has 1 N–H and O–H groups in total. The van der Waals surface area contributed by atoms with Gasteiger partial charge in [-0.3, -0.25) is 9.59 Å². The van der Waals surface area contributed by atoms with Gasteiger partial charge in [-0.1, -0.05) is 6.07 Å². The van der Waals surface area contributed by atoms with Gasteiger partial charge in [0.1, 0.15) is 23.1 Å². The summed E-state index contributed by atoms with van der Waals surface area (Å²) in [6, 6.07) is 7.06. The van der Waals surface area contributed by atoms with Crippen LogP contribution in [0.3, 0.4) is 0 Å². The van der Waals surface area contributed by atoms with Crippen molar-refractivity contribution < 1.29 is 27.8 Å². The zero-order valence-corrected chi connectivity index (χ0v) is 15.1. The number of halogens is 2. The van der Waals surface area contributed by atoms with E-state index in [1.54, 1.807) is 19.1 Å². The van der Waals surface area contributed by atoms with Gasteiger partial charge in [-0.15, -0.1) is 0 Å². The predicted molar refractivity (Wildman–Crippen MR) is 96.6 cm³/mol. The Morgan fingerprint density at radius 2 is 2.04 bits per heavy atom. The minimum atomic E-state index is -0.699. The number of carbonyl (C=O) groups is 2. The normalized spacial score (nSPS) is 16.0. The van der Waals surface area contributed by atoms with Gasteiger partial charge in [-0.05, 0) is 24.6 Å². The van der Waals surface area contributed by atoms with Crippen molar-refractivity contribution in [2.24, 2.45) is 5.92 Å². The van der Waals surface area contributed by atoms with E-state index in [4.69, 9.17) is 9.47 Å². The van der Waals surface area contributed by atoms with E-state index in [2.05, 4.69) is 5.32 Å². The molecule has 0 aliphatic carbocycles. The lowest BCUT2D eigenvalue weighted by atomic mass is 9.99. The van der Waals surface area contributed by atoms with Crippen LogP contribution in [0.15, 0.2) is 30.3 Å². The fourth-order valence-electron chi connectivity index (χ4n) is 3.15. The van der Waals surface area contributed by atoms with Gasteiger partial charge in [-0.25, -0.2) is 8.78 Å². The lowest BCUT2D eigenvalue weighted by molar-refractivity contribution is -0.118. The highest BCUT2D eigenvalue weighted by Crippen LogP contribution is 2.32. The van der Waals surface area contributed by atoms with E-state index >= 15 is 0 Å². The average Bonchev–Trinajstić information content (AvgIpc) is 2.62. The van der Waals surface area contributed by atoms with E-state index < -0.39 is 11.7 Å². The fourth-order valence-corrected chi connectivity index (χ4v) is 3.15. The molecule has 146 valence electrons. The number of fused-ring (bicyclic) bond motifs is 1. The summed E-state index contributed by atoms with van der Waals surface area (Å²) in [7, 11) is 0. The maximum Gasteiger partial charge on any atom is 0.262 e. The lowest BCUT2D eigenvalue weighted by Crippen LogP contribution is -2.52. The zero-order valence-electron chi connectivity index (χ0n) is 15.1. The second-order valence-corrected chi connectivity index (χ2v) is 6.96. The highest BCUT2D eigenvalue weighted by Gasteiger charge is 2.33. The van der Waals surface area contributed by atoms with E-state index in [1.165, 1.54) is 17.0 Å². The van der Waals surface area contributed by atoms with Gasteiger partial charge in [0.15, 0.2) is 6.61 Å². The van der Waals surface area contributed by atoms with Crippen LogP contribution < -0.4 is 14.8 Å². The molecule has 0 aromatic heterocycles. The summed E-state index contributed by atoms with van der Waals surface area (Å²) in [6.07, 6.45) is 0. The van der Waals surface area contributed by atoms with Crippen molar-refractivity contribution in [3.63, 3.8) is 0 Å². The van der Waals surface area contributed by atoms with Crippen molar-refractivity contribution in [2.45, 2.75) is 6.92 Å². The fraction of sp³-hybridized carbons (Fsp3) is 0.300. The molecule has 28 heavy (non-hydrogen) atoms. The molecule has 2 amide bonds. The van der Waals surface area contributed by atoms with Crippen LogP contribution in [0.25, 0.3) is 0 Å². The summed E-state index contributed by atoms with van der Waals surface area (Å²) in [5, 5.41) is 2.56. The van der Waals surface area contributed by atoms with E-state index in [9.17, 15) is 18.4 Å². The summed E-state index contributed by atoms with van der Waals surface area (Å²) >= 11 is 0. The van der Waals surface area contributed by atoms with Gasteiger partial charge >= 0.3 is 0 Å². The topological polar surface area (TPSA) is 67.9 Å². The number of nitrogens with zero attached hydrogens (tertiary/aromatic N) is 1. The van der Waals surface area contributed by atoms with Crippen LogP contribution >= 0.6 is 0 Å². The third-order valence-electron chi connectivity index (χ3n) is 4.81. The Hall–Kier alpha value is -3.16. The molecule has 2 heterocycles. The number of hydrogen-bond acceptors (Lipinski definition) is 4. The first kappa shape index (κ1) is 18.2. The van der Waals surface area contributed by atoms with Crippen molar-refractivity contribution in [3.8, 4) is 11.5 Å². The number of ether oxygens (including phenoxy) is 2. The molecule has 0 unspecified atom stereocenters. The summed E-state index contributed by atoms with van der Waals surface area (Å²) in [4.78, 5) is 25.5. The average molecular weight is 388 g/mol. The first-order valence-corrected chi connectivity index (χ1v) is 8.85. The van der Waals surface area contributed by atoms with Gasteiger partial charge in [0.05, 0.1) is 17.9 Å². The molecule has 0 bridgehead atoms. The van der Waals surface area contributed by atoms with E-state index in [0.29, 0.717) is 31.0 Å². The molecule has 0 radical (unpaired) electrons. The largest absolute Gasteiger partial charge is 0.493 e. The number of aryl methyl sites for hydroxylation is 1. The number of rotatable bonds is 4. The summed E-state index contributed by atoms with van der Waals surface area (Å²) < 4.78 is 38.5. The highest BCUT2D eigenvalue weighted by atomic mass is 19.1.